The molecule has 0 aliphatic carbocycles. The molecule has 17 heavy (non-hydrogen) atoms. The van der Waals surface area contributed by atoms with Crippen LogP contribution in [0.4, 0.5) is 5.69 Å². The van der Waals surface area contributed by atoms with Gasteiger partial charge in [-0.25, -0.2) is 0 Å². The van der Waals surface area contributed by atoms with E-state index in [1.54, 1.807) is 0 Å². The molecular formula is C15H24N2. The van der Waals surface area contributed by atoms with E-state index in [-0.39, 0.29) is 6.04 Å². The maximum atomic E-state index is 5.87. The molecule has 0 spiro atoms. The van der Waals surface area contributed by atoms with Gasteiger partial charge in [-0.05, 0) is 57.2 Å². The Morgan fingerprint density at radius 2 is 2.06 bits per heavy atom. The van der Waals surface area contributed by atoms with Gasteiger partial charge >= 0.3 is 0 Å². The van der Waals surface area contributed by atoms with Gasteiger partial charge in [-0.3, -0.25) is 0 Å². The fraction of sp³-hybridized carbons (Fsp3) is 0.600. The summed E-state index contributed by atoms with van der Waals surface area (Å²) in [5, 5.41) is 0. The zero-order valence-electron chi connectivity index (χ0n) is 11.2. The van der Waals surface area contributed by atoms with Crippen LogP contribution in [0.25, 0.3) is 0 Å². The fourth-order valence-corrected chi connectivity index (χ4v) is 2.71. The zero-order chi connectivity index (χ0) is 12.4. The van der Waals surface area contributed by atoms with Gasteiger partial charge in [0.1, 0.15) is 0 Å². The molecule has 0 aromatic heterocycles. The first-order chi connectivity index (χ1) is 8.08. The fourth-order valence-electron chi connectivity index (χ4n) is 2.71. The van der Waals surface area contributed by atoms with Gasteiger partial charge in [-0.2, -0.15) is 0 Å². The molecular weight excluding hydrogens is 208 g/mol. The number of hydrogen-bond donors (Lipinski definition) is 1. The van der Waals surface area contributed by atoms with Gasteiger partial charge in [-0.1, -0.05) is 12.1 Å². The summed E-state index contributed by atoms with van der Waals surface area (Å²) in [4.78, 5) is 2.51. The topological polar surface area (TPSA) is 29.3 Å². The summed E-state index contributed by atoms with van der Waals surface area (Å²) >= 11 is 0. The maximum absolute atomic E-state index is 5.87. The Hall–Kier alpha value is -1.02. The Kier molecular flexibility index (Phi) is 3.72. The SMILES string of the molecule is CC(N)Cc1ccc2c(c1)CCCN2C(C)C. The quantitative estimate of drug-likeness (QED) is 0.868. The molecule has 1 aliphatic rings. The van der Waals surface area contributed by atoms with Crippen molar-refractivity contribution >= 4 is 5.69 Å². The molecule has 1 unspecified atom stereocenters. The van der Waals surface area contributed by atoms with E-state index < -0.39 is 0 Å². The van der Waals surface area contributed by atoms with E-state index in [9.17, 15) is 0 Å². The molecule has 2 nitrogen and oxygen atoms in total. The van der Waals surface area contributed by atoms with Crippen molar-refractivity contribution in [1.29, 1.82) is 0 Å². The number of fused-ring (bicyclic) bond motifs is 1. The molecule has 1 aromatic carbocycles. The van der Waals surface area contributed by atoms with E-state index in [1.807, 2.05) is 0 Å². The lowest BCUT2D eigenvalue weighted by Gasteiger charge is -2.35. The highest BCUT2D eigenvalue weighted by atomic mass is 15.2. The molecule has 1 aliphatic heterocycles. The highest BCUT2D eigenvalue weighted by Gasteiger charge is 2.19. The molecule has 1 aromatic rings. The zero-order valence-corrected chi connectivity index (χ0v) is 11.2. The summed E-state index contributed by atoms with van der Waals surface area (Å²) < 4.78 is 0. The number of nitrogens with zero attached hydrogens (tertiary/aromatic N) is 1. The van der Waals surface area contributed by atoms with Crippen molar-refractivity contribution < 1.29 is 0 Å². The Morgan fingerprint density at radius 3 is 2.71 bits per heavy atom. The molecule has 94 valence electrons. The minimum absolute atomic E-state index is 0.248. The first-order valence-corrected chi connectivity index (χ1v) is 6.72. The number of benzene rings is 1. The molecule has 0 amide bonds. The van der Waals surface area contributed by atoms with Crippen LogP contribution in [0.5, 0.6) is 0 Å². The normalized spacial score (nSPS) is 17.1. The van der Waals surface area contributed by atoms with E-state index in [0.29, 0.717) is 6.04 Å². The predicted octanol–water partition coefficient (Wildman–Crippen LogP) is 2.74. The maximum Gasteiger partial charge on any atom is 0.0401 e. The molecule has 0 bridgehead atoms. The van der Waals surface area contributed by atoms with Gasteiger partial charge in [0.05, 0.1) is 0 Å². The largest absolute Gasteiger partial charge is 0.369 e. The predicted molar refractivity (Wildman–Crippen MR) is 74.6 cm³/mol. The molecule has 0 saturated heterocycles. The van der Waals surface area contributed by atoms with E-state index in [2.05, 4.69) is 43.9 Å². The van der Waals surface area contributed by atoms with Crippen LogP contribution < -0.4 is 10.6 Å². The first kappa shape index (κ1) is 12.4. The standard InChI is InChI=1S/C15H24N2/c1-11(2)17-8-4-5-14-10-13(9-12(3)16)6-7-15(14)17/h6-7,10-12H,4-5,8-9,16H2,1-3H3. The highest BCUT2D eigenvalue weighted by Crippen LogP contribution is 2.29. The monoisotopic (exact) mass is 232 g/mol. The van der Waals surface area contributed by atoms with Crippen LogP contribution in [0.15, 0.2) is 18.2 Å². The molecule has 2 rings (SSSR count). The van der Waals surface area contributed by atoms with Gasteiger partial charge in [0.2, 0.25) is 0 Å². The van der Waals surface area contributed by atoms with Gasteiger partial charge in [0.15, 0.2) is 0 Å². The summed E-state index contributed by atoms with van der Waals surface area (Å²) in [6.07, 6.45) is 3.47. The molecule has 2 N–H and O–H groups in total. The van der Waals surface area contributed by atoms with E-state index in [4.69, 9.17) is 5.73 Å². The van der Waals surface area contributed by atoms with Crippen molar-refractivity contribution in [3.63, 3.8) is 0 Å². The van der Waals surface area contributed by atoms with E-state index >= 15 is 0 Å². The number of hydrogen-bond acceptors (Lipinski definition) is 2. The lowest BCUT2D eigenvalue weighted by Crippen LogP contribution is -2.35. The molecule has 0 radical (unpaired) electrons. The molecule has 1 atom stereocenters. The minimum atomic E-state index is 0.248. The third kappa shape index (κ3) is 2.81. The smallest absolute Gasteiger partial charge is 0.0401 e. The molecule has 2 heteroatoms. The Labute approximate surface area is 105 Å². The summed E-state index contributed by atoms with van der Waals surface area (Å²) in [5.74, 6) is 0. The average molecular weight is 232 g/mol. The Bertz CT molecular complexity index is 383. The van der Waals surface area contributed by atoms with Crippen molar-refractivity contribution in [1.82, 2.24) is 0 Å². The van der Waals surface area contributed by atoms with Crippen molar-refractivity contribution in [2.24, 2.45) is 5.73 Å². The van der Waals surface area contributed by atoms with Gasteiger partial charge in [-0.15, -0.1) is 0 Å². The summed E-state index contributed by atoms with van der Waals surface area (Å²) in [6.45, 7) is 7.80. The Morgan fingerprint density at radius 1 is 1.29 bits per heavy atom. The van der Waals surface area contributed by atoms with Crippen LogP contribution in [0, 0.1) is 0 Å². The summed E-state index contributed by atoms with van der Waals surface area (Å²) in [7, 11) is 0. The number of aryl methyl sites for hydroxylation is 1. The third-order valence-electron chi connectivity index (χ3n) is 3.48. The number of rotatable bonds is 3. The van der Waals surface area contributed by atoms with E-state index in [0.717, 1.165) is 6.42 Å². The van der Waals surface area contributed by atoms with Gasteiger partial charge in [0, 0.05) is 24.3 Å². The Balaban J connectivity index is 2.26. The second-order valence-corrected chi connectivity index (χ2v) is 5.54. The second-order valence-electron chi connectivity index (χ2n) is 5.54. The van der Waals surface area contributed by atoms with Crippen molar-refractivity contribution in [2.45, 2.75) is 52.1 Å². The van der Waals surface area contributed by atoms with Crippen LogP contribution >= 0.6 is 0 Å². The highest BCUT2D eigenvalue weighted by molar-refractivity contribution is 5.57. The van der Waals surface area contributed by atoms with Crippen LogP contribution in [-0.2, 0) is 12.8 Å². The second kappa shape index (κ2) is 5.09. The lowest BCUT2D eigenvalue weighted by molar-refractivity contribution is 0.624. The molecule has 0 saturated carbocycles. The van der Waals surface area contributed by atoms with Crippen LogP contribution in [0.2, 0.25) is 0 Å². The summed E-state index contributed by atoms with van der Waals surface area (Å²) in [5.41, 5.74) is 10.2. The minimum Gasteiger partial charge on any atom is -0.369 e. The number of nitrogens with two attached hydrogens (primary N) is 1. The average Bonchev–Trinajstić information content (AvgIpc) is 2.26. The van der Waals surface area contributed by atoms with Crippen molar-refractivity contribution in [3.8, 4) is 0 Å². The third-order valence-corrected chi connectivity index (χ3v) is 3.48. The lowest BCUT2D eigenvalue weighted by atomic mass is 9.96. The van der Waals surface area contributed by atoms with Gasteiger partial charge < -0.3 is 10.6 Å². The van der Waals surface area contributed by atoms with Crippen LogP contribution in [0.3, 0.4) is 0 Å². The van der Waals surface area contributed by atoms with Crippen LogP contribution in [-0.4, -0.2) is 18.6 Å². The van der Waals surface area contributed by atoms with Crippen molar-refractivity contribution in [3.05, 3.63) is 29.3 Å². The van der Waals surface area contributed by atoms with Gasteiger partial charge in [0.25, 0.3) is 0 Å². The summed E-state index contributed by atoms with van der Waals surface area (Å²) in [6, 6.07) is 7.72. The first-order valence-electron chi connectivity index (χ1n) is 6.72. The molecule has 0 fully saturated rings. The van der Waals surface area contributed by atoms with Crippen LogP contribution in [0.1, 0.15) is 38.3 Å². The molecule has 1 heterocycles. The van der Waals surface area contributed by atoms with Crippen molar-refractivity contribution in [2.75, 3.05) is 11.4 Å². The number of anilines is 1. The van der Waals surface area contributed by atoms with E-state index in [1.165, 1.54) is 36.2 Å².